The molecule has 1 fully saturated rings. The molecule has 1 aromatic heterocycles. The van der Waals surface area contributed by atoms with Crippen molar-refractivity contribution in [1.82, 2.24) is 4.98 Å². The van der Waals surface area contributed by atoms with Gasteiger partial charge in [0.2, 0.25) is 0 Å². The highest BCUT2D eigenvalue weighted by Gasteiger charge is 2.12. The second-order valence-corrected chi connectivity index (χ2v) is 4.23. The number of hydrogen-bond donors (Lipinski definition) is 1. The molecule has 1 aliphatic rings. The van der Waals surface area contributed by atoms with E-state index in [1.54, 1.807) is 6.20 Å². The maximum absolute atomic E-state index is 5.81. The Morgan fingerprint density at radius 3 is 2.79 bits per heavy atom. The third kappa shape index (κ3) is 2.61. The van der Waals surface area contributed by atoms with E-state index in [0.717, 1.165) is 5.69 Å². The molecule has 0 bridgehead atoms. The predicted molar refractivity (Wildman–Crippen MR) is 59.7 cm³/mol. The van der Waals surface area contributed by atoms with Gasteiger partial charge in [-0.3, -0.25) is 0 Å². The van der Waals surface area contributed by atoms with E-state index in [0.29, 0.717) is 11.2 Å². The molecular weight excluding hydrogens is 196 g/mol. The van der Waals surface area contributed by atoms with Crippen molar-refractivity contribution in [2.24, 2.45) is 0 Å². The lowest BCUT2D eigenvalue weighted by molar-refractivity contribution is 0.463. The average molecular weight is 211 g/mol. The summed E-state index contributed by atoms with van der Waals surface area (Å²) in [5.74, 6) is 0. The molecule has 3 heteroatoms. The molecule has 2 rings (SSSR count). The van der Waals surface area contributed by atoms with Gasteiger partial charge in [-0.15, -0.1) is 0 Å². The zero-order valence-electron chi connectivity index (χ0n) is 8.17. The Balaban J connectivity index is 1.95. The van der Waals surface area contributed by atoms with Crippen LogP contribution in [0.25, 0.3) is 0 Å². The van der Waals surface area contributed by atoms with Crippen LogP contribution in [0.15, 0.2) is 18.3 Å². The van der Waals surface area contributed by atoms with E-state index < -0.39 is 0 Å². The fourth-order valence-electron chi connectivity index (χ4n) is 1.97. The van der Waals surface area contributed by atoms with Crippen molar-refractivity contribution in [3.63, 3.8) is 0 Å². The second-order valence-electron chi connectivity index (χ2n) is 3.85. The van der Waals surface area contributed by atoms with Gasteiger partial charge in [0.15, 0.2) is 0 Å². The SMILES string of the molecule is Clc1cc(NC2CCCCC2)ccn1. The molecule has 0 saturated heterocycles. The van der Waals surface area contributed by atoms with Crippen LogP contribution in [-0.4, -0.2) is 11.0 Å². The Labute approximate surface area is 89.7 Å². The summed E-state index contributed by atoms with van der Waals surface area (Å²) in [7, 11) is 0. The maximum atomic E-state index is 5.81. The maximum Gasteiger partial charge on any atom is 0.131 e. The van der Waals surface area contributed by atoms with Crippen molar-refractivity contribution in [2.75, 3.05) is 5.32 Å². The normalized spacial score (nSPS) is 18.1. The summed E-state index contributed by atoms with van der Waals surface area (Å²) < 4.78 is 0. The minimum absolute atomic E-state index is 0.561. The van der Waals surface area contributed by atoms with E-state index in [4.69, 9.17) is 11.6 Å². The molecule has 0 aliphatic heterocycles. The molecule has 14 heavy (non-hydrogen) atoms. The first-order valence-corrected chi connectivity index (χ1v) is 5.60. The van der Waals surface area contributed by atoms with Crippen LogP contribution in [0.4, 0.5) is 5.69 Å². The van der Waals surface area contributed by atoms with Crippen molar-refractivity contribution >= 4 is 17.3 Å². The molecule has 1 N–H and O–H groups in total. The van der Waals surface area contributed by atoms with Gasteiger partial charge in [0.05, 0.1) is 0 Å². The quantitative estimate of drug-likeness (QED) is 0.756. The van der Waals surface area contributed by atoms with Crippen molar-refractivity contribution in [3.8, 4) is 0 Å². The largest absolute Gasteiger partial charge is 0.382 e. The van der Waals surface area contributed by atoms with Gasteiger partial charge in [-0.05, 0) is 25.0 Å². The molecule has 0 amide bonds. The molecule has 0 atom stereocenters. The highest BCUT2D eigenvalue weighted by molar-refractivity contribution is 6.29. The predicted octanol–water partition coefficient (Wildman–Crippen LogP) is 3.48. The van der Waals surface area contributed by atoms with Gasteiger partial charge in [0, 0.05) is 17.9 Å². The van der Waals surface area contributed by atoms with Gasteiger partial charge >= 0.3 is 0 Å². The van der Waals surface area contributed by atoms with Crippen LogP contribution < -0.4 is 5.32 Å². The number of pyridine rings is 1. The van der Waals surface area contributed by atoms with Crippen LogP contribution in [0.1, 0.15) is 32.1 Å². The Bertz CT molecular complexity index is 295. The zero-order chi connectivity index (χ0) is 9.80. The van der Waals surface area contributed by atoms with Gasteiger partial charge in [-0.2, -0.15) is 0 Å². The van der Waals surface area contributed by atoms with Crippen LogP contribution >= 0.6 is 11.6 Å². The molecule has 1 aliphatic carbocycles. The van der Waals surface area contributed by atoms with Crippen molar-refractivity contribution in [2.45, 2.75) is 38.1 Å². The van der Waals surface area contributed by atoms with Gasteiger partial charge in [0.25, 0.3) is 0 Å². The number of hydrogen-bond acceptors (Lipinski definition) is 2. The molecule has 1 heterocycles. The van der Waals surface area contributed by atoms with Crippen LogP contribution in [0, 0.1) is 0 Å². The Morgan fingerprint density at radius 1 is 1.29 bits per heavy atom. The van der Waals surface area contributed by atoms with Crippen molar-refractivity contribution in [3.05, 3.63) is 23.5 Å². The molecular formula is C11H15ClN2. The Kier molecular flexibility index (Phi) is 3.25. The van der Waals surface area contributed by atoms with Crippen LogP contribution in [0.5, 0.6) is 0 Å². The number of aromatic nitrogens is 1. The standard InChI is InChI=1S/C11H15ClN2/c12-11-8-10(6-7-13-11)14-9-4-2-1-3-5-9/h6-9H,1-5H2,(H,13,14). The first-order chi connectivity index (χ1) is 6.84. The summed E-state index contributed by atoms with van der Waals surface area (Å²) in [6.07, 6.45) is 8.37. The summed E-state index contributed by atoms with van der Waals surface area (Å²) in [6, 6.07) is 4.48. The molecule has 1 aromatic rings. The average Bonchev–Trinajstić information content (AvgIpc) is 2.19. The summed E-state index contributed by atoms with van der Waals surface area (Å²) in [6.45, 7) is 0. The number of nitrogens with zero attached hydrogens (tertiary/aromatic N) is 1. The van der Waals surface area contributed by atoms with E-state index >= 15 is 0 Å². The van der Waals surface area contributed by atoms with E-state index in [1.807, 2.05) is 12.1 Å². The van der Waals surface area contributed by atoms with Crippen LogP contribution in [-0.2, 0) is 0 Å². The highest BCUT2D eigenvalue weighted by atomic mass is 35.5. The molecule has 0 aromatic carbocycles. The third-order valence-electron chi connectivity index (χ3n) is 2.70. The second kappa shape index (κ2) is 4.65. The van der Waals surface area contributed by atoms with Gasteiger partial charge in [-0.25, -0.2) is 4.98 Å². The van der Waals surface area contributed by atoms with Gasteiger partial charge < -0.3 is 5.32 Å². The van der Waals surface area contributed by atoms with Gasteiger partial charge in [-0.1, -0.05) is 30.9 Å². The number of rotatable bonds is 2. The Morgan fingerprint density at radius 2 is 2.07 bits per heavy atom. The number of anilines is 1. The number of nitrogens with one attached hydrogen (secondary N) is 1. The topological polar surface area (TPSA) is 24.9 Å². The first kappa shape index (κ1) is 9.78. The molecule has 76 valence electrons. The molecule has 0 radical (unpaired) electrons. The van der Waals surface area contributed by atoms with Crippen molar-refractivity contribution < 1.29 is 0 Å². The molecule has 0 unspecified atom stereocenters. The number of halogens is 1. The lowest BCUT2D eigenvalue weighted by Gasteiger charge is -2.23. The van der Waals surface area contributed by atoms with E-state index in [2.05, 4.69) is 10.3 Å². The van der Waals surface area contributed by atoms with Crippen LogP contribution in [0.2, 0.25) is 5.15 Å². The summed E-state index contributed by atoms with van der Waals surface area (Å²) in [5, 5.41) is 4.06. The van der Waals surface area contributed by atoms with Crippen LogP contribution in [0.3, 0.4) is 0 Å². The summed E-state index contributed by atoms with van der Waals surface area (Å²) in [5.41, 5.74) is 1.09. The zero-order valence-corrected chi connectivity index (χ0v) is 8.93. The smallest absolute Gasteiger partial charge is 0.131 e. The fraction of sp³-hybridized carbons (Fsp3) is 0.545. The minimum Gasteiger partial charge on any atom is -0.382 e. The highest BCUT2D eigenvalue weighted by Crippen LogP contribution is 2.22. The fourth-order valence-corrected chi connectivity index (χ4v) is 2.15. The molecule has 0 spiro atoms. The first-order valence-electron chi connectivity index (χ1n) is 5.23. The van der Waals surface area contributed by atoms with E-state index in [-0.39, 0.29) is 0 Å². The minimum atomic E-state index is 0.561. The lowest BCUT2D eigenvalue weighted by Crippen LogP contribution is -2.22. The lowest BCUT2D eigenvalue weighted by atomic mass is 9.95. The summed E-state index contributed by atoms with van der Waals surface area (Å²) in [4.78, 5) is 3.96. The van der Waals surface area contributed by atoms with E-state index in [1.165, 1.54) is 32.1 Å². The third-order valence-corrected chi connectivity index (χ3v) is 2.91. The molecule has 2 nitrogen and oxygen atoms in total. The van der Waals surface area contributed by atoms with Crippen molar-refractivity contribution in [1.29, 1.82) is 0 Å². The monoisotopic (exact) mass is 210 g/mol. The molecule has 1 saturated carbocycles. The summed E-state index contributed by atoms with van der Waals surface area (Å²) >= 11 is 5.81. The van der Waals surface area contributed by atoms with E-state index in [9.17, 15) is 0 Å². The van der Waals surface area contributed by atoms with Gasteiger partial charge in [0.1, 0.15) is 5.15 Å². The Hall–Kier alpha value is -0.760.